The largest absolute Gasteiger partial charge is 0.317 e. The monoisotopic (exact) mass is 330 g/mol. The maximum Gasteiger partial charge on any atom is 0.285 e. The summed E-state index contributed by atoms with van der Waals surface area (Å²) in [5.74, 6) is -1.72. The number of amides is 1. The van der Waals surface area contributed by atoms with Gasteiger partial charge in [0.1, 0.15) is 23.4 Å². The molecule has 1 aromatic heterocycles. The molecule has 0 aliphatic heterocycles. The van der Waals surface area contributed by atoms with Crippen LogP contribution in [0.3, 0.4) is 0 Å². The van der Waals surface area contributed by atoms with Crippen LogP contribution in [-0.2, 0) is 0 Å². The molecule has 1 heterocycles. The Morgan fingerprint density at radius 2 is 1.90 bits per heavy atom. The average molecular weight is 331 g/mol. The normalized spacial score (nSPS) is 10.2. The van der Waals surface area contributed by atoms with E-state index >= 15 is 0 Å². The molecule has 0 saturated heterocycles. The fourth-order valence-corrected chi connectivity index (χ4v) is 1.89. The van der Waals surface area contributed by atoms with E-state index < -0.39 is 22.3 Å². The third-order valence-electron chi connectivity index (χ3n) is 2.39. The zero-order chi connectivity index (χ0) is 15.6. The van der Waals surface area contributed by atoms with Gasteiger partial charge in [0.05, 0.1) is 11.0 Å². The van der Waals surface area contributed by atoms with Gasteiger partial charge in [0, 0.05) is 0 Å². The second kappa shape index (κ2) is 5.98. The molecule has 0 fully saturated rings. The van der Waals surface area contributed by atoms with Crippen molar-refractivity contribution in [1.82, 2.24) is 9.97 Å². The number of nitro groups is 1. The van der Waals surface area contributed by atoms with Crippen LogP contribution in [0.5, 0.6) is 0 Å². The predicted octanol–water partition coefficient (Wildman–Crippen LogP) is 3.08. The number of benzene rings is 1. The van der Waals surface area contributed by atoms with Crippen LogP contribution in [0.4, 0.5) is 15.8 Å². The minimum absolute atomic E-state index is 0.0931. The number of halogens is 3. The molecule has 0 spiro atoms. The summed E-state index contributed by atoms with van der Waals surface area (Å²) in [7, 11) is 0. The Morgan fingerprint density at radius 1 is 1.29 bits per heavy atom. The molecule has 0 saturated carbocycles. The van der Waals surface area contributed by atoms with Gasteiger partial charge in [0.25, 0.3) is 11.6 Å². The fraction of sp³-hybridized carbons (Fsp3) is 0. The molecule has 0 bridgehead atoms. The Labute approximate surface area is 126 Å². The molecule has 0 aliphatic carbocycles. The number of hydrogen-bond donors (Lipinski definition) is 1. The molecular weight excluding hydrogens is 326 g/mol. The molecule has 10 heteroatoms. The first-order valence-corrected chi connectivity index (χ1v) is 6.07. The Bertz CT molecular complexity index is 721. The van der Waals surface area contributed by atoms with Crippen molar-refractivity contribution < 1.29 is 14.1 Å². The molecule has 2 aromatic rings. The quantitative estimate of drug-likeness (QED) is 0.529. The summed E-state index contributed by atoms with van der Waals surface area (Å²) < 4.78 is 13.0. The standard InChI is InChI=1S/C11H5Cl2FN4O3/c12-9-8(10(13)16-4-15-9)17-11(19)6-2-1-5(14)3-7(6)18(20)21/h1-4H,(H,17,19). The van der Waals surface area contributed by atoms with E-state index in [1.165, 1.54) is 0 Å². The highest BCUT2D eigenvalue weighted by molar-refractivity contribution is 6.38. The molecule has 0 atom stereocenters. The van der Waals surface area contributed by atoms with Gasteiger partial charge in [-0.15, -0.1) is 0 Å². The summed E-state index contributed by atoms with van der Waals surface area (Å²) in [6.45, 7) is 0. The van der Waals surface area contributed by atoms with Crippen molar-refractivity contribution in [3.05, 3.63) is 56.3 Å². The SMILES string of the molecule is O=C(Nc1c(Cl)ncnc1Cl)c1ccc(F)cc1[N+](=O)[O-]. The number of aromatic nitrogens is 2. The van der Waals surface area contributed by atoms with Gasteiger partial charge in [-0.25, -0.2) is 14.4 Å². The lowest BCUT2D eigenvalue weighted by atomic mass is 10.1. The van der Waals surface area contributed by atoms with Crippen LogP contribution in [0.15, 0.2) is 24.5 Å². The van der Waals surface area contributed by atoms with Crippen LogP contribution in [0.2, 0.25) is 10.3 Å². The van der Waals surface area contributed by atoms with E-state index in [-0.39, 0.29) is 21.6 Å². The Hall–Kier alpha value is -2.32. The van der Waals surface area contributed by atoms with Crippen molar-refractivity contribution >= 4 is 40.5 Å². The molecule has 1 aromatic carbocycles. The molecule has 0 radical (unpaired) electrons. The summed E-state index contributed by atoms with van der Waals surface area (Å²) >= 11 is 11.5. The van der Waals surface area contributed by atoms with Gasteiger partial charge in [0.2, 0.25) is 0 Å². The van der Waals surface area contributed by atoms with Gasteiger partial charge in [-0.2, -0.15) is 0 Å². The highest BCUT2D eigenvalue weighted by Crippen LogP contribution is 2.27. The zero-order valence-electron chi connectivity index (χ0n) is 10.0. The van der Waals surface area contributed by atoms with Crippen LogP contribution >= 0.6 is 23.2 Å². The van der Waals surface area contributed by atoms with Crippen molar-refractivity contribution in [2.45, 2.75) is 0 Å². The fourth-order valence-electron chi connectivity index (χ4n) is 1.48. The summed E-state index contributed by atoms with van der Waals surface area (Å²) in [4.78, 5) is 29.3. The number of carbonyl (C=O) groups excluding carboxylic acids is 1. The molecule has 108 valence electrons. The summed E-state index contributed by atoms with van der Waals surface area (Å²) in [6.07, 6.45) is 1.08. The topological polar surface area (TPSA) is 98.0 Å². The van der Waals surface area contributed by atoms with Gasteiger partial charge in [-0.3, -0.25) is 14.9 Å². The van der Waals surface area contributed by atoms with Crippen LogP contribution in [-0.4, -0.2) is 20.8 Å². The number of rotatable bonds is 3. The second-order valence-electron chi connectivity index (χ2n) is 3.70. The first-order chi connectivity index (χ1) is 9.90. The highest BCUT2D eigenvalue weighted by Gasteiger charge is 2.22. The lowest BCUT2D eigenvalue weighted by Crippen LogP contribution is -2.15. The smallest absolute Gasteiger partial charge is 0.285 e. The lowest BCUT2D eigenvalue weighted by molar-refractivity contribution is -0.385. The van der Waals surface area contributed by atoms with Crippen LogP contribution in [0.25, 0.3) is 0 Å². The van der Waals surface area contributed by atoms with Gasteiger partial charge in [-0.05, 0) is 12.1 Å². The molecular formula is C11H5Cl2FN4O3. The summed E-state index contributed by atoms with van der Waals surface area (Å²) in [5.41, 5.74) is -1.13. The van der Waals surface area contributed by atoms with Crippen LogP contribution in [0.1, 0.15) is 10.4 Å². The summed E-state index contributed by atoms with van der Waals surface area (Å²) in [5, 5.41) is 12.8. The lowest BCUT2D eigenvalue weighted by Gasteiger charge is -2.08. The minimum Gasteiger partial charge on any atom is -0.317 e. The van der Waals surface area contributed by atoms with E-state index in [9.17, 15) is 19.3 Å². The molecule has 0 unspecified atom stereocenters. The molecule has 1 N–H and O–H groups in total. The molecule has 7 nitrogen and oxygen atoms in total. The molecule has 0 aliphatic rings. The number of nitrogens with one attached hydrogen (secondary N) is 1. The Morgan fingerprint density at radius 3 is 2.48 bits per heavy atom. The third kappa shape index (κ3) is 3.23. The van der Waals surface area contributed by atoms with Crippen molar-refractivity contribution in [2.75, 3.05) is 5.32 Å². The first kappa shape index (κ1) is 15.1. The Balaban J connectivity index is 2.40. The van der Waals surface area contributed by atoms with Crippen molar-refractivity contribution in [3.8, 4) is 0 Å². The zero-order valence-corrected chi connectivity index (χ0v) is 11.5. The van der Waals surface area contributed by atoms with Gasteiger partial charge in [0.15, 0.2) is 10.3 Å². The van der Waals surface area contributed by atoms with Gasteiger partial charge >= 0.3 is 0 Å². The highest BCUT2D eigenvalue weighted by atomic mass is 35.5. The Kier molecular flexibility index (Phi) is 4.29. The van der Waals surface area contributed by atoms with E-state index in [2.05, 4.69) is 15.3 Å². The van der Waals surface area contributed by atoms with Crippen molar-refractivity contribution in [1.29, 1.82) is 0 Å². The second-order valence-corrected chi connectivity index (χ2v) is 4.42. The minimum atomic E-state index is -0.889. The number of hydrogen-bond acceptors (Lipinski definition) is 5. The van der Waals surface area contributed by atoms with Crippen molar-refractivity contribution in [3.63, 3.8) is 0 Å². The van der Waals surface area contributed by atoms with Gasteiger partial charge in [-0.1, -0.05) is 23.2 Å². The van der Waals surface area contributed by atoms with E-state index in [1.807, 2.05) is 0 Å². The van der Waals surface area contributed by atoms with Crippen molar-refractivity contribution in [2.24, 2.45) is 0 Å². The average Bonchev–Trinajstić information content (AvgIpc) is 2.42. The molecule has 1 amide bonds. The number of carbonyl (C=O) groups is 1. The van der Waals surface area contributed by atoms with Gasteiger partial charge < -0.3 is 5.32 Å². The maximum atomic E-state index is 13.0. The number of nitro benzene ring substituents is 1. The van der Waals surface area contributed by atoms with E-state index in [0.29, 0.717) is 6.07 Å². The van der Waals surface area contributed by atoms with E-state index in [0.717, 1.165) is 18.5 Å². The van der Waals surface area contributed by atoms with Crippen LogP contribution < -0.4 is 5.32 Å². The van der Waals surface area contributed by atoms with E-state index in [1.54, 1.807) is 0 Å². The molecule has 21 heavy (non-hydrogen) atoms. The third-order valence-corrected chi connectivity index (χ3v) is 2.97. The maximum absolute atomic E-state index is 13.0. The first-order valence-electron chi connectivity index (χ1n) is 5.31. The summed E-state index contributed by atoms with van der Waals surface area (Å²) in [6, 6.07) is 2.54. The van der Waals surface area contributed by atoms with E-state index in [4.69, 9.17) is 23.2 Å². The predicted molar refractivity (Wildman–Crippen MR) is 73.1 cm³/mol. The number of anilines is 1. The van der Waals surface area contributed by atoms with Crippen LogP contribution in [0, 0.1) is 15.9 Å². The number of nitrogens with zero attached hydrogens (tertiary/aromatic N) is 3. The molecule has 2 rings (SSSR count).